The smallest absolute Gasteiger partial charge is 0.414 e. The predicted octanol–water partition coefficient (Wildman–Crippen LogP) is 3.38. The molecule has 8 nitrogen and oxygen atoms in total. The first-order valence-corrected chi connectivity index (χ1v) is 10.6. The van der Waals surface area contributed by atoms with Crippen molar-refractivity contribution in [2.45, 2.75) is 38.8 Å². The number of phenols is 2. The summed E-state index contributed by atoms with van der Waals surface area (Å²) in [5.41, 5.74) is 1.97. The van der Waals surface area contributed by atoms with E-state index in [0.29, 0.717) is 11.5 Å². The molecule has 2 aromatic carbocycles. The van der Waals surface area contributed by atoms with Crippen molar-refractivity contribution >= 4 is 11.9 Å². The number of rotatable bonds is 11. The van der Waals surface area contributed by atoms with E-state index in [0.717, 1.165) is 37.3 Å². The van der Waals surface area contributed by atoms with Crippen molar-refractivity contribution in [3.63, 3.8) is 0 Å². The first-order valence-electron chi connectivity index (χ1n) is 10.6. The van der Waals surface area contributed by atoms with Crippen molar-refractivity contribution in [1.82, 2.24) is 9.80 Å². The summed E-state index contributed by atoms with van der Waals surface area (Å²) in [5.74, 6) is -2.89. The fourth-order valence-electron chi connectivity index (χ4n) is 3.15. The Bertz CT molecular complexity index is 773. The minimum atomic E-state index is -1.82. The molecule has 0 heterocycles. The van der Waals surface area contributed by atoms with E-state index in [4.69, 9.17) is 19.8 Å². The van der Waals surface area contributed by atoms with Crippen molar-refractivity contribution in [2.75, 3.05) is 27.2 Å². The van der Waals surface area contributed by atoms with E-state index in [2.05, 4.69) is 23.9 Å². The van der Waals surface area contributed by atoms with E-state index in [1.165, 1.54) is 25.7 Å². The average molecular weight is 447 g/mol. The van der Waals surface area contributed by atoms with Crippen molar-refractivity contribution in [1.29, 1.82) is 0 Å². The maximum absolute atomic E-state index is 9.83. The number of aliphatic carboxylic acids is 2. The Kier molecular flexibility index (Phi) is 12.5. The highest BCUT2D eigenvalue weighted by molar-refractivity contribution is 6.27. The van der Waals surface area contributed by atoms with Gasteiger partial charge in [-0.3, -0.25) is 0 Å². The summed E-state index contributed by atoms with van der Waals surface area (Å²) in [6.45, 7) is 3.66. The van der Waals surface area contributed by atoms with Gasteiger partial charge in [0.05, 0.1) is 0 Å². The highest BCUT2D eigenvalue weighted by Gasteiger charge is 2.06. The lowest BCUT2D eigenvalue weighted by Crippen LogP contribution is -2.20. The summed E-state index contributed by atoms with van der Waals surface area (Å²) in [5, 5.41) is 34.4. The number of nitrogens with zero attached hydrogens (tertiary/aromatic N) is 2. The van der Waals surface area contributed by atoms with Crippen LogP contribution >= 0.6 is 0 Å². The van der Waals surface area contributed by atoms with E-state index < -0.39 is 11.9 Å². The zero-order valence-electron chi connectivity index (χ0n) is 18.8. The van der Waals surface area contributed by atoms with Gasteiger partial charge in [-0.15, -0.1) is 0 Å². The van der Waals surface area contributed by atoms with E-state index in [9.17, 15) is 10.2 Å². The van der Waals surface area contributed by atoms with E-state index >= 15 is 0 Å². The highest BCUT2D eigenvalue weighted by atomic mass is 16.4. The van der Waals surface area contributed by atoms with Crippen LogP contribution in [0.3, 0.4) is 0 Å². The zero-order valence-corrected chi connectivity index (χ0v) is 18.8. The van der Waals surface area contributed by atoms with Crippen LogP contribution in [-0.2, 0) is 22.7 Å². The maximum Gasteiger partial charge on any atom is 0.414 e. The second-order valence-corrected chi connectivity index (χ2v) is 7.76. The van der Waals surface area contributed by atoms with Gasteiger partial charge < -0.3 is 30.2 Å². The Labute approximate surface area is 189 Å². The van der Waals surface area contributed by atoms with Gasteiger partial charge in [0.2, 0.25) is 0 Å². The van der Waals surface area contributed by atoms with Crippen LogP contribution in [0.5, 0.6) is 11.5 Å². The topological polar surface area (TPSA) is 122 Å². The fourth-order valence-corrected chi connectivity index (χ4v) is 3.15. The number of hydrogen-bond acceptors (Lipinski definition) is 6. The molecule has 4 N–H and O–H groups in total. The molecule has 0 amide bonds. The third kappa shape index (κ3) is 11.3. The maximum atomic E-state index is 9.83. The Balaban J connectivity index is 0.000000751. The third-order valence-electron chi connectivity index (χ3n) is 4.88. The quantitative estimate of drug-likeness (QED) is 0.306. The molecule has 0 aliphatic carbocycles. The molecule has 0 radical (unpaired) electrons. The lowest BCUT2D eigenvalue weighted by molar-refractivity contribution is -0.159. The van der Waals surface area contributed by atoms with Crippen LogP contribution in [0.15, 0.2) is 48.5 Å². The molecule has 0 saturated carbocycles. The van der Waals surface area contributed by atoms with Crippen LogP contribution < -0.4 is 0 Å². The van der Waals surface area contributed by atoms with Crippen LogP contribution in [-0.4, -0.2) is 69.3 Å². The molecule has 0 atom stereocenters. The number of phenolic OH excluding ortho intramolecular Hbond substituents is 2. The predicted molar refractivity (Wildman–Crippen MR) is 123 cm³/mol. The van der Waals surface area contributed by atoms with Crippen molar-refractivity contribution < 1.29 is 30.0 Å². The molecule has 0 aliphatic rings. The van der Waals surface area contributed by atoms with Gasteiger partial charge in [0.25, 0.3) is 0 Å². The van der Waals surface area contributed by atoms with Gasteiger partial charge in [0, 0.05) is 24.2 Å². The van der Waals surface area contributed by atoms with Crippen molar-refractivity contribution in [3.8, 4) is 11.5 Å². The molecule has 2 aromatic rings. The van der Waals surface area contributed by atoms with Crippen molar-refractivity contribution in [3.05, 3.63) is 59.7 Å². The van der Waals surface area contributed by atoms with Gasteiger partial charge in [-0.2, -0.15) is 0 Å². The summed E-state index contributed by atoms with van der Waals surface area (Å²) in [6, 6.07) is 15.1. The Morgan fingerprint density at radius 2 is 1.00 bits per heavy atom. The lowest BCUT2D eigenvalue weighted by Gasteiger charge is -2.18. The molecular formula is C24H34N2O6. The third-order valence-corrected chi connectivity index (χ3v) is 4.88. The Hall–Kier alpha value is -3.10. The number of aromatic hydroxyl groups is 2. The normalized spacial score (nSPS) is 10.6. The van der Waals surface area contributed by atoms with E-state index in [-0.39, 0.29) is 0 Å². The van der Waals surface area contributed by atoms with Crippen LogP contribution in [0.4, 0.5) is 0 Å². The number of carboxylic acid groups (broad SMARTS) is 2. The summed E-state index contributed by atoms with van der Waals surface area (Å²) < 4.78 is 0. The summed E-state index contributed by atoms with van der Waals surface area (Å²) in [6.07, 6.45) is 4.78. The van der Waals surface area contributed by atoms with E-state index in [1.54, 1.807) is 12.1 Å². The molecule has 32 heavy (non-hydrogen) atoms. The lowest BCUT2D eigenvalue weighted by atomic mass is 10.1. The number of carboxylic acids is 2. The minimum absolute atomic E-state index is 0.381. The molecular weight excluding hydrogens is 412 g/mol. The molecule has 176 valence electrons. The first-order chi connectivity index (χ1) is 15.2. The molecule has 8 heteroatoms. The number of para-hydroxylation sites is 2. The number of unbranched alkanes of at least 4 members (excludes halogenated alkanes) is 3. The van der Waals surface area contributed by atoms with E-state index in [1.807, 2.05) is 36.4 Å². The SMILES string of the molecule is CN(CCCCCCN(C)Cc1ccccc1O)Cc1ccccc1O.O=C(O)C(=O)O. The summed E-state index contributed by atoms with van der Waals surface area (Å²) in [7, 11) is 4.21. The molecule has 0 spiro atoms. The number of carbonyl (C=O) groups is 2. The van der Waals surface area contributed by atoms with Gasteiger partial charge in [0.15, 0.2) is 0 Å². The monoisotopic (exact) mass is 446 g/mol. The van der Waals surface area contributed by atoms with Gasteiger partial charge in [0.1, 0.15) is 11.5 Å². The van der Waals surface area contributed by atoms with Crippen LogP contribution in [0, 0.1) is 0 Å². The van der Waals surface area contributed by atoms with Crippen LogP contribution in [0.2, 0.25) is 0 Å². The van der Waals surface area contributed by atoms with Crippen LogP contribution in [0.25, 0.3) is 0 Å². The molecule has 0 bridgehead atoms. The molecule has 0 saturated heterocycles. The second-order valence-electron chi connectivity index (χ2n) is 7.76. The fraction of sp³-hybridized carbons (Fsp3) is 0.417. The Morgan fingerprint density at radius 3 is 1.31 bits per heavy atom. The van der Waals surface area contributed by atoms with Gasteiger partial charge in [-0.05, 0) is 52.2 Å². The van der Waals surface area contributed by atoms with Crippen molar-refractivity contribution in [2.24, 2.45) is 0 Å². The summed E-state index contributed by atoms with van der Waals surface area (Å²) in [4.78, 5) is 22.7. The zero-order chi connectivity index (χ0) is 23.9. The summed E-state index contributed by atoms with van der Waals surface area (Å²) >= 11 is 0. The minimum Gasteiger partial charge on any atom is -0.508 e. The van der Waals surface area contributed by atoms with Gasteiger partial charge in [-0.1, -0.05) is 49.2 Å². The van der Waals surface area contributed by atoms with Gasteiger partial charge in [-0.25, -0.2) is 9.59 Å². The highest BCUT2D eigenvalue weighted by Crippen LogP contribution is 2.18. The molecule has 0 fully saturated rings. The van der Waals surface area contributed by atoms with Crippen LogP contribution in [0.1, 0.15) is 36.8 Å². The van der Waals surface area contributed by atoms with Gasteiger partial charge >= 0.3 is 11.9 Å². The first kappa shape index (κ1) is 26.9. The largest absolute Gasteiger partial charge is 0.508 e. The average Bonchev–Trinajstić information content (AvgIpc) is 2.74. The molecule has 0 aliphatic heterocycles. The standard InChI is InChI=1S/C22H32N2O2.C2H2O4/c1-23(17-19-11-5-7-13-21(19)25)15-9-3-4-10-16-24(2)18-20-12-6-8-14-22(20)26;3-1(4)2(5)6/h5-8,11-14,25-26H,3-4,9-10,15-18H2,1-2H3;(H,3,4)(H,5,6). The molecule has 0 aromatic heterocycles. The number of hydrogen-bond donors (Lipinski definition) is 4. The number of benzene rings is 2. The molecule has 0 unspecified atom stereocenters. The molecule has 2 rings (SSSR count). The second kappa shape index (κ2) is 14.8. The Morgan fingerprint density at radius 1 is 0.656 bits per heavy atom.